The van der Waals surface area contributed by atoms with Gasteiger partial charge in [-0.3, -0.25) is 0 Å². The van der Waals surface area contributed by atoms with E-state index in [0.29, 0.717) is 23.4 Å². The fourth-order valence-electron chi connectivity index (χ4n) is 8.49. The van der Waals surface area contributed by atoms with E-state index < -0.39 is 0 Å². The average Bonchev–Trinajstić information content (AvgIpc) is 3.61. The van der Waals surface area contributed by atoms with Crippen molar-refractivity contribution < 1.29 is 0 Å². The summed E-state index contributed by atoms with van der Waals surface area (Å²) in [5, 5.41) is 4.99. The maximum atomic E-state index is 5.09. The van der Waals surface area contributed by atoms with Gasteiger partial charge in [0, 0.05) is 38.3 Å². The van der Waals surface area contributed by atoms with Crippen LogP contribution in [0.2, 0.25) is 0 Å². The van der Waals surface area contributed by atoms with Gasteiger partial charge in [-0.1, -0.05) is 163 Å². The molecule has 0 spiro atoms. The van der Waals surface area contributed by atoms with E-state index in [0.717, 1.165) is 22.1 Å². The molecule has 7 aromatic carbocycles. The van der Waals surface area contributed by atoms with E-state index in [-0.39, 0.29) is 5.92 Å². The van der Waals surface area contributed by atoms with Gasteiger partial charge in [0.05, 0.1) is 0 Å². The Bertz CT molecular complexity index is 2730. The van der Waals surface area contributed by atoms with Gasteiger partial charge < -0.3 is 0 Å². The standard InChI is InChI=1S/C47H29N3S/c1-3-13-29(14-4-1)45-48-46(30-15-5-2-6-16-30)50-47(49-45)38-26-24-34(32-18-9-10-19-33(32)38)37-25-27-39-41-31-17-8-7-12-28(31)22-23-36(41)35-20-11-21-40-42(35)43(39)44(37)51-40/h1-27,39,43H. The number of hydrogen-bond acceptors (Lipinski definition) is 4. The highest BCUT2D eigenvalue weighted by Gasteiger charge is 2.44. The van der Waals surface area contributed by atoms with Crippen molar-refractivity contribution in [1.82, 2.24) is 15.0 Å². The van der Waals surface area contributed by atoms with Crippen molar-refractivity contribution >= 4 is 38.9 Å². The van der Waals surface area contributed by atoms with E-state index in [2.05, 4.69) is 127 Å². The number of fused-ring (bicyclic) bond motifs is 6. The second-order valence-electron chi connectivity index (χ2n) is 13.5. The lowest BCUT2D eigenvalue weighted by Gasteiger charge is -2.35. The molecule has 11 rings (SSSR count). The van der Waals surface area contributed by atoms with Crippen molar-refractivity contribution in [3.63, 3.8) is 0 Å². The van der Waals surface area contributed by atoms with Crippen LogP contribution in [0.3, 0.4) is 0 Å². The van der Waals surface area contributed by atoms with E-state index in [9.17, 15) is 0 Å². The lowest BCUT2D eigenvalue weighted by atomic mass is 9.67. The molecule has 0 saturated carbocycles. The lowest BCUT2D eigenvalue weighted by molar-refractivity contribution is 0.717. The second kappa shape index (κ2) is 11.2. The molecule has 3 aliphatic rings. The van der Waals surface area contributed by atoms with Gasteiger partial charge in [-0.05, 0) is 67.1 Å². The molecule has 2 unspecified atom stereocenters. The average molecular weight is 668 g/mol. The van der Waals surface area contributed by atoms with Crippen molar-refractivity contribution in [2.45, 2.75) is 16.7 Å². The summed E-state index contributed by atoms with van der Waals surface area (Å²) in [4.78, 5) is 17.9. The van der Waals surface area contributed by atoms with Crippen LogP contribution in [0, 0.1) is 0 Å². The van der Waals surface area contributed by atoms with Crippen LogP contribution >= 0.6 is 11.8 Å². The summed E-state index contributed by atoms with van der Waals surface area (Å²) in [5.74, 6) is 2.59. The number of aromatic nitrogens is 3. The SMILES string of the molecule is C1=CC2c3c(ccc4ccccc34)-c3cccc4c3C2C(=C1c1ccc(-c2nc(-c3ccccc3)nc(-c3ccccc3)n2)c2ccccc12)S4. The Kier molecular flexibility index (Phi) is 6.31. The number of rotatable bonds is 4. The first-order valence-electron chi connectivity index (χ1n) is 17.4. The molecule has 2 heterocycles. The summed E-state index contributed by atoms with van der Waals surface area (Å²) in [6, 6.07) is 54.0. The molecular weight excluding hydrogens is 639 g/mol. The molecule has 8 aromatic rings. The van der Waals surface area contributed by atoms with Crippen LogP contribution in [0.4, 0.5) is 0 Å². The summed E-state index contributed by atoms with van der Waals surface area (Å²) >= 11 is 1.96. The van der Waals surface area contributed by atoms with Gasteiger partial charge in [0.1, 0.15) is 0 Å². The van der Waals surface area contributed by atoms with Crippen LogP contribution in [0.5, 0.6) is 0 Å². The number of thioether (sulfide) groups is 1. The third kappa shape index (κ3) is 4.36. The number of allylic oxidation sites excluding steroid dienone is 4. The van der Waals surface area contributed by atoms with Gasteiger partial charge in [0.2, 0.25) is 0 Å². The van der Waals surface area contributed by atoms with E-state index in [4.69, 9.17) is 15.0 Å². The van der Waals surface area contributed by atoms with Gasteiger partial charge >= 0.3 is 0 Å². The molecule has 238 valence electrons. The number of benzene rings is 7. The largest absolute Gasteiger partial charge is 0.208 e. The first-order chi connectivity index (χ1) is 25.3. The summed E-state index contributed by atoms with van der Waals surface area (Å²) in [5.41, 5.74) is 11.2. The van der Waals surface area contributed by atoms with Gasteiger partial charge in [-0.2, -0.15) is 0 Å². The third-order valence-electron chi connectivity index (χ3n) is 10.7. The highest BCUT2D eigenvalue weighted by molar-refractivity contribution is 8.03. The molecule has 0 amide bonds. The molecule has 3 nitrogen and oxygen atoms in total. The monoisotopic (exact) mass is 667 g/mol. The highest BCUT2D eigenvalue weighted by Crippen LogP contribution is 2.65. The molecular formula is C47H29N3S. The zero-order chi connectivity index (χ0) is 33.5. The third-order valence-corrected chi connectivity index (χ3v) is 12.0. The van der Waals surface area contributed by atoms with Gasteiger partial charge in [-0.15, -0.1) is 0 Å². The smallest absolute Gasteiger partial charge is 0.164 e. The molecule has 2 aliphatic carbocycles. The predicted octanol–water partition coefficient (Wildman–Crippen LogP) is 12.1. The van der Waals surface area contributed by atoms with Crippen LogP contribution in [0.1, 0.15) is 28.5 Å². The van der Waals surface area contributed by atoms with E-state index in [1.807, 2.05) is 48.2 Å². The van der Waals surface area contributed by atoms with Crippen LogP contribution in [0.15, 0.2) is 174 Å². The summed E-state index contributed by atoms with van der Waals surface area (Å²) in [6.45, 7) is 0. The maximum Gasteiger partial charge on any atom is 0.164 e. The van der Waals surface area contributed by atoms with Crippen molar-refractivity contribution in [2.24, 2.45) is 0 Å². The van der Waals surface area contributed by atoms with Crippen molar-refractivity contribution in [2.75, 3.05) is 0 Å². The van der Waals surface area contributed by atoms with Crippen molar-refractivity contribution in [3.8, 4) is 45.3 Å². The van der Waals surface area contributed by atoms with Crippen molar-refractivity contribution in [3.05, 3.63) is 185 Å². The van der Waals surface area contributed by atoms with Gasteiger partial charge in [0.25, 0.3) is 0 Å². The highest BCUT2D eigenvalue weighted by atomic mass is 32.2. The summed E-state index contributed by atoms with van der Waals surface area (Å²) in [7, 11) is 0. The van der Waals surface area contributed by atoms with E-state index in [1.54, 1.807) is 0 Å². The molecule has 51 heavy (non-hydrogen) atoms. The molecule has 0 radical (unpaired) electrons. The Balaban J connectivity index is 1.10. The second-order valence-corrected chi connectivity index (χ2v) is 14.5. The fraction of sp³-hybridized carbons (Fsp3) is 0.0426. The molecule has 0 saturated heterocycles. The topological polar surface area (TPSA) is 38.7 Å². The Morgan fingerprint density at radius 3 is 1.76 bits per heavy atom. The summed E-state index contributed by atoms with van der Waals surface area (Å²) < 4.78 is 0. The first kappa shape index (κ1) is 28.7. The van der Waals surface area contributed by atoms with Crippen LogP contribution in [0.25, 0.3) is 72.4 Å². The Morgan fingerprint density at radius 2 is 1.02 bits per heavy atom. The minimum atomic E-state index is 0.289. The molecule has 2 atom stereocenters. The zero-order valence-electron chi connectivity index (χ0n) is 27.5. The molecule has 0 bridgehead atoms. The Hall–Kier alpha value is -6.10. The molecule has 1 aromatic heterocycles. The minimum absolute atomic E-state index is 0.289. The van der Waals surface area contributed by atoms with E-state index >= 15 is 0 Å². The van der Waals surface area contributed by atoms with Crippen LogP contribution < -0.4 is 0 Å². The molecule has 4 heteroatoms. The molecule has 0 fully saturated rings. The first-order valence-corrected chi connectivity index (χ1v) is 18.3. The summed E-state index contributed by atoms with van der Waals surface area (Å²) in [6.07, 6.45) is 4.88. The minimum Gasteiger partial charge on any atom is -0.208 e. The molecule has 0 N–H and O–H groups in total. The van der Waals surface area contributed by atoms with Gasteiger partial charge in [-0.25, -0.2) is 15.0 Å². The predicted molar refractivity (Wildman–Crippen MR) is 210 cm³/mol. The number of nitrogens with zero attached hydrogens (tertiary/aromatic N) is 3. The van der Waals surface area contributed by atoms with Gasteiger partial charge in [0.15, 0.2) is 17.5 Å². The number of hydrogen-bond donors (Lipinski definition) is 0. The Labute approximate surface area is 300 Å². The quantitative estimate of drug-likeness (QED) is 0.187. The maximum absolute atomic E-state index is 5.09. The lowest BCUT2D eigenvalue weighted by Crippen LogP contribution is -2.18. The van der Waals surface area contributed by atoms with E-state index in [1.165, 1.54) is 59.3 Å². The van der Waals surface area contributed by atoms with Crippen molar-refractivity contribution in [1.29, 1.82) is 0 Å². The van der Waals surface area contributed by atoms with Crippen LogP contribution in [-0.4, -0.2) is 15.0 Å². The Morgan fingerprint density at radius 1 is 0.431 bits per heavy atom. The molecule has 1 aliphatic heterocycles. The fourth-order valence-corrected chi connectivity index (χ4v) is 9.90. The normalized spacial score (nSPS) is 16.8. The zero-order valence-corrected chi connectivity index (χ0v) is 28.3. The van der Waals surface area contributed by atoms with Crippen LogP contribution in [-0.2, 0) is 0 Å².